The van der Waals surface area contributed by atoms with Crippen LogP contribution in [0.1, 0.15) is 50.8 Å². The number of nitrogens with zero attached hydrogens (tertiary/aromatic N) is 1. The standard InChI is InChI=1S/C17H28N2/c1-3-10-18-13-16-7-5-6-15(16)11-17-9-8-14(4-2)12-19-17/h8-9,12,15-16,18H,3-7,10-11,13H2,1-2H3. The van der Waals surface area contributed by atoms with Crippen molar-refractivity contribution < 1.29 is 0 Å². The lowest BCUT2D eigenvalue weighted by atomic mass is 9.91. The molecule has 2 atom stereocenters. The zero-order chi connectivity index (χ0) is 13.5. The van der Waals surface area contributed by atoms with E-state index in [-0.39, 0.29) is 0 Å². The number of aryl methyl sites for hydroxylation is 1. The minimum absolute atomic E-state index is 0.837. The number of nitrogens with one attached hydrogen (secondary N) is 1. The molecule has 1 fully saturated rings. The van der Waals surface area contributed by atoms with Gasteiger partial charge in [0.05, 0.1) is 0 Å². The first-order chi connectivity index (χ1) is 9.33. The quantitative estimate of drug-likeness (QED) is 0.758. The van der Waals surface area contributed by atoms with Crippen molar-refractivity contribution in [2.24, 2.45) is 11.8 Å². The van der Waals surface area contributed by atoms with Crippen molar-refractivity contribution in [3.63, 3.8) is 0 Å². The minimum Gasteiger partial charge on any atom is -0.316 e. The molecule has 0 aromatic carbocycles. The Kier molecular flexibility index (Phi) is 5.84. The largest absolute Gasteiger partial charge is 0.316 e. The fourth-order valence-electron chi connectivity index (χ4n) is 3.17. The maximum absolute atomic E-state index is 4.62. The molecule has 2 rings (SSSR count). The van der Waals surface area contributed by atoms with Crippen molar-refractivity contribution in [1.29, 1.82) is 0 Å². The highest BCUT2D eigenvalue weighted by molar-refractivity contribution is 5.14. The minimum atomic E-state index is 0.837. The Morgan fingerprint density at radius 3 is 2.74 bits per heavy atom. The monoisotopic (exact) mass is 260 g/mol. The summed E-state index contributed by atoms with van der Waals surface area (Å²) in [5.41, 5.74) is 2.63. The van der Waals surface area contributed by atoms with Gasteiger partial charge in [-0.15, -0.1) is 0 Å². The Hall–Kier alpha value is -0.890. The molecule has 0 radical (unpaired) electrons. The highest BCUT2D eigenvalue weighted by Crippen LogP contribution is 2.33. The van der Waals surface area contributed by atoms with Gasteiger partial charge in [0.15, 0.2) is 0 Å². The van der Waals surface area contributed by atoms with E-state index in [9.17, 15) is 0 Å². The fourth-order valence-corrected chi connectivity index (χ4v) is 3.17. The molecule has 2 heteroatoms. The molecule has 106 valence electrons. The van der Waals surface area contributed by atoms with Gasteiger partial charge in [-0.2, -0.15) is 0 Å². The van der Waals surface area contributed by atoms with Gasteiger partial charge in [0.1, 0.15) is 0 Å². The molecule has 0 aliphatic heterocycles. The zero-order valence-electron chi connectivity index (χ0n) is 12.5. The van der Waals surface area contributed by atoms with E-state index in [1.165, 1.54) is 49.9 Å². The van der Waals surface area contributed by atoms with Gasteiger partial charge in [-0.25, -0.2) is 0 Å². The maximum Gasteiger partial charge on any atom is 0.0406 e. The lowest BCUT2D eigenvalue weighted by Gasteiger charge is -2.19. The summed E-state index contributed by atoms with van der Waals surface area (Å²) in [5, 5.41) is 3.59. The molecule has 1 aromatic rings. The molecule has 1 aromatic heterocycles. The Bertz CT molecular complexity index is 358. The second-order valence-corrected chi connectivity index (χ2v) is 5.87. The van der Waals surface area contributed by atoms with Crippen LogP contribution >= 0.6 is 0 Å². The average Bonchev–Trinajstić information content (AvgIpc) is 2.87. The van der Waals surface area contributed by atoms with Crippen LogP contribution in [0.25, 0.3) is 0 Å². The van der Waals surface area contributed by atoms with Gasteiger partial charge in [-0.05, 0) is 68.7 Å². The van der Waals surface area contributed by atoms with Crippen molar-refractivity contribution in [2.75, 3.05) is 13.1 Å². The molecule has 0 saturated heterocycles. The molecule has 2 nitrogen and oxygen atoms in total. The summed E-state index contributed by atoms with van der Waals surface area (Å²) in [4.78, 5) is 4.62. The first-order valence-electron chi connectivity index (χ1n) is 7.98. The van der Waals surface area contributed by atoms with Gasteiger partial charge in [-0.3, -0.25) is 4.98 Å². The number of aromatic nitrogens is 1. The molecule has 1 heterocycles. The molecule has 1 aliphatic rings. The highest BCUT2D eigenvalue weighted by atomic mass is 14.9. The van der Waals surface area contributed by atoms with E-state index in [0.717, 1.165) is 24.8 Å². The van der Waals surface area contributed by atoms with Crippen molar-refractivity contribution >= 4 is 0 Å². The lowest BCUT2D eigenvalue weighted by Crippen LogP contribution is -2.26. The molecular formula is C17H28N2. The van der Waals surface area contributed by atoms with Gasteiger partial charge in [0, 0.05) is 11.9 Å². The Balaban J connectivity index is 1.85. The van der Waals surface area contributed by atoms with E-state index >= 15 is 0 Å². The van der Waals surface area contributed by atoms with Crippen LogP contribution < -0.4 is 5.32 Å². The fraction of sp³-hybridized carbons (Fsp3) is 0.706. The molecular weight excluding hydrogens is 232 g/mol. The van der Waals surface area contributed by atoms with Crippen molar-refractivity contribution in [3.8, 4) is 0 Å². The molecule has 0 amide bonds. The molecule has 19 heavy (non-hydrogen) atoms. The van der Waals surface area contributed by atoms with Crippen molar-refractivity contribution in [2.45, 2.75) is 52.4 Å². The molecule has 0 spiro atoms. The second kappa shape index (κ2) is 7.64. The topological polar surface area (TPSA) is 24.9 Å². The van der Waals surface area contributed by atoms with E-state index in [2.05, 4.69) is 42.5 Å². The summed E-state index contributed by atoms with van der Waals surface area (Å²) in [6.07, 6.45) is 9.72. The van der Waals surface area contributed by atoms with Crippen LogP contribution in [0.5, 0.6) is 0 Å². The first-order valence-corrected chi connectivity index (χ1v) is 7.98. The second-order valence-electron chi connectivity index (χ2n) is 5.87. The van der Waals surface area contributed by atoms with Crippen LogP contribution in [0.15, 0.2) is 18.3 Å². The lowest BCUT2D eigenvalue weighted by molar-refractivity contribution is 0.363. The summed E-state index contributed by atoms with van der Waals surface area (Å²) >= 11 is 0. The SMILES string of the molecule is CCCNCC1CCCC1Cc1ccc(CC)cn1. The van der Waals surface area contributed by atoms with Crippen LogP contribution in [0, 0.1) is 11.8 Å². The number of pyridine rings is 1. The summed E-state index contributed by atoms with van der Waals surface area (Å²) in [6, 6.07) is 4.47. The van der Waals surface area contributed by atoms with Crippen LogP contribution in [0.4, 0.5) is 0 Å². The van der Waals surface area contributed by atoms with Gasteiger partial charge in [0.2, 0.25) is 0 Å². The highest BCUT2D eigenvalue weighted by Gasteiger charge is 2.27. The van der Waals surface area contributed by atoms with Crippen molar-refractivity contribution in [3.05, 3.63) is 29.6 Å². The van der Waals surface area contributed by atoms with E-state index in [1.54, 1.807) is 0 Å². The number of hydrogen-bond acceptors (Lipinski definition) is 2. The summed E-state index contributed by atoms with van der Waals surface area (Å²) in [7, 11) is 0. The van der Waals surface area contributed by atoms with Gasteiger partial charge in [0.25, 0.3) is 0 Å². The zero-order valence-corrected chi connectivity index (χ0v) is 12.5. The molecule has 1 saturated carbocycles. The smallest absolute Gasteiger partial charge is 0.0406 e. The Morgan fingerprint density at radius 2 is 2.05 bits per heavy atom. The molecule has 0 bridgehead atoms. The van der Waals surface area contributed by atoms with E-state index in [1.807, 2.05) is 0 Å². The Morgan fingerprint density at radius 1 is 1.21 bits per heavy atom. The van der Waals surface area contributed by atoms with Crippen LogP contribution in [-0.4, -0.2) is 18.1 Å². The third-order valence-electron chi connectivity index (χ3n) is 4.42. The van der Waals surface area contributed by atoms with E-state index < -0.39 is 0 Å². The molecule has 1 aliphatic carbocycles. The van der Waals surface area contributed by atoms with Crippen molar-refractivity contribution in [1.82, 2.24) is 10.3 Å². The predicted octanol–water partition coefficient (Wildman–Crippen LogP) is 3.60. The Labute approximate surface area is 118 Å². The van der Waals surface area contributed by atoms with E-state index in [0.29, 0.717) is 0 Å². The van der Waals surface area contributed by atoms with Gasteiger partial charge < -0.3 is 5.32 Å². The first kappa shape index (κ1) is 14.5. The van der Waals surface area contributed by atoms with Crippen LogP contribution in [-0.2, 0) is 12.8 Å². The number of rotatable bonds is 7. The predicted molar refractivity (Wildman–Crippen MR) is 81.3 cm³/mol. The molecule has 1 N–H and O–H groups in total. The summed E-state index contributed by atoms with van der Waals surface area (Å²) in [6.45, 7) is 6.78. The maximum atomic E-state index is 4.62. The third kappa shape index (κ3) is 4.31. The van der Waals surface area contributed by atoms with Gasteiger partial charge in [-0.1, -0.05) is 26.3 Å². The third-order valence-corrected chi connectivity index (χ3v) is 4.42. The number of hydrogen-bond donors (Lipinski definition) is 1. The molecule has 2 unspecified atom stereocenters. The average molecular weight is 260 g/mol. The van der Waals surface area contributed by atoms with Crippen LogP contribution in [0.2, 0.25) is 0 Å². The van der Waals surface area contributed by atoms with E-state index in [4.69, 9.17) is 0 Å². The summed E-state index contributed by atoms with van der Waals surface area (Å²) in [5.74, 6) is 1.70. The summed E-state index contributed by atoms with van der Waals surface area (Å²) < 4.78 is 0. The normalized spacial score (nSPS) is 22.8. The van der Waals surface area contributed by atoms with Gasteiger partial charge >= 0.3 is 0 Å². The van der Waals surface area contributed by atoms with Crippen LogP contribution in [0.3, 0.4) is 0 Å².